The van der Waals surface area contributed by atoms with Crippen molar-refractivity contribution in [2.24, 2.45) is 13.0 Å². The maximum Gasteiger partial charge on any atom is 0.233 e. The Bertz CT molecular complexity index is 426. The zero-order valence-electron chi connectivity index (χ0n) is 9.30. The monoisotopic (exact) mass is 222 g/mol. The molecule has 1 aromatic rings. The molecule has 1 saturated heterocycles. The van der Waals surface area contributed by atoms with E-state index in [4.69, 9.17) is 0 Å². The fourth-order valence-corrected chi connectivity index (χ4v) is 1.75. The van der Waals surface area contributed by atoms with Crippen LogP contribution in [0.4, 0.5) is 5.82 Å². The summed E-state index contributed by atoms with van der Waals surface area (Å²) in [6.45, 7) is 0.425. The Morgan fingerprint density at radius 2 is 2.44 bits per heavy atom. The van der Waals surface area contributed by atoms with Crippen LogP contribution in [-0.2, 0) is 16.6 Å². The van der Waals surface area contributed by atoms with Crippen molar-refractivity contribution >= 4 is 17.6 Å². The highest BCUT2D eigenvalue weighted by Gasteiger charge is 2.30. The van der Waals surface area contributed by atoms with Crippen LogP contribution in [0.1, 0.15) is 6.42 Å². The van der Waals surface area contributed by atoms with E-state index in [1.807, 2.05) is 0 Å². The third-order valence-electron chi connectivity index (χ3n) is 2.70. The highest BCUT2D eigenvalue weighted by Crippen LogP contribution is 2.16. The molecule has 1 N–H and O–H groups in total. The van der Waals surface area contributed by atoms with Gasteiger partial charge < -0.3 is 5.32 Å². The van der Waals surface area contributed by atoms with E-state index in [0.717, 1.165) is 0 Å². The molecule has 0 radical (unpaired) electrons. The number of nitrogens with one attached hydrogen (secondary N) is 1. The van der Waals surface area contributed by atoms with Gasteiger partial charge in [0.1, 0.15) is 0 Å². The van der Waals surface area contributed by atoms with Crippen LogP contribution in [0.25, 0.3) is 0 Å². The number of carbonyl (C=O) groups excluding carboxylic acids is 2. The zero-order chi connectivity index (χ0) is 11.7. The predicted octanol–water partition coefficient (Wildman–Crippen LogP) is -0.481. The zero-order valence-corrected chi connectivity index (χ0v) is 9.30. The second-order valence-corrected chi connectivity index (χ2v) is 3.95. The summed E-state index contributed by atoms with van der Waals surface area (Å²) in [6, 6.07) is 1.77. The topological polar surface area (TPSA) is 67.2 Å². The molecule has 2 rings (SSSR count). The molecule has 6 heteroatoms. The first-order chi connectivity index (χ1) is 7.58. The van der Waals surface area contributed by atoms with E-state index in [1.165, 1.54) is 4.90 Å². The van der Waals surface area contributed by atoms with Crippen LogP contribution in [0.15, 0.2) is 12.3 Å². The van der Waals surface area contributed by atoms with E-state index < -0.39 is 0 Å². The van der Waals surface area contributed by atoms with Crippen molar-refractivity contribution < 1.29 is 9.59 Å². The van der Waals surface area contributed by atoms with Gasteiger partial charge in [0.15, 0.2) is 5.82 Å². The van der Waals surface area contributed by atoms with Crippen LogP contribution in [0.3, 0.4) is 0 Å². The maximum absolute atomic E-state index is 12.0. The number of hydrogen-bond donors (Lipinski definition) is 1. The maximum atomic E-state index is 12.0. The molecule has 2 heterocycles. The van der Waals surface area contributed by atoms with Crippen molar-refractivity contribution in [3.8, 4) is 0 Å². The van der Waals surface area contributed by atoms with Crippen LogP contribution in [0.5, 0.6) is 0 Å². The van der Waals surface area contributed by atoms with Crippen molar-refractivity contribution in [3.05, 3.63) is 12.3 Å². The second-order valence-electron chi connectivity index (χ2n) is 3.95. The first-order valence-corrected chi connectivity index (χ1v) is 5.12. The lowest BCUT2D eigenvalue weighted by Gasteiger charge is -2.17. The number of anilines is 1. The van der Waals surface area contributed by atoms with Crippen LogP contribution in [0, 0.1) is 5.92 Å². The van der Waals surface area contributed by atoms with Gasteiger partial charge in [-0.2, -0.15) is 5.10 Å². The first kappa shape index (κ1) is 10.7. The highest BCUT2D eigenvalue weighted by atomic mass is 16.2. The van der Waals surface area contributed by atoms with Gasteiger partial charge in [0.25, 0.3) is 0 Å². The number of aryl methyl sites for hydroxylation is 1. The summed E-state index contributed by atoms with van der Waals surface area (Å²) in [7, 11) is 3.47. The molecule has 0 saturated carbocycles. The molecule has 16 heavy (non-hydrogen) atoms. The summed E-state index contributed by atoms with van der Waals surface area (Å²) in [4.78, 5) is 24.5. The number of hydrogen-bond acceptors (Lipinski definition) is 3. The molecule has 2 amide bonds. The fraction of sp³-hybridized carbons (Fsp3) is 0.500. The van der Waals surface area contributed by atoms with Crippen molar-refractivity contribution in [3.63, 3.8) is 0 Å². The van der Waals surface area contributed by atoms with Crippen molar-refractivity contribution in [1.82, 2.24) is 15.1 Å². The Kier molecular flexibility index (Phi) is 2.64. The van der Waals surface area contributed by atoms with Gasteiger partial charge in [-0.3, -0.25) is 19.2 Å². The van der Waals surface area contributed by atoms with Gasteiger partial charge in [-0.25, -0.2) is 0 Å². The summed E-state index contributed by atoms with van der Waals surface area (Å²) in [6.07, 6.45) is 2.05. The molecule has 0 aliphatic carbocycles. The molecule has 1 aliphatic rings. The molecular weight excluding hydrogens is 208 g/mol. The third-order valence-corrected chi connectivity index (χ3v) is 2.70. The summed E-state index contributed by atoms with van der Waals surface area (Å²) in [5.74, 6) is 0.205. The largest absolute Gasteiger partial charge is 0.355 e. The van der Waals surface area contributed by atoms with E-state index in [0.29, 0.717) is 12.4 Å². The summed E-state index contributed by atoms with van der Waals surface area (Å²) in [5.41, 5.74) is 0. The Balaban J connectivity index is 2.07. The third kappa shape index (κ3) is 1.91. The van der Waals surface area contributed by atoms with Crippen molar-refractivity contribution in [2.75, 3.05) is 18.5 Å². The number of nitrogens with zero attached hydrogens (tertiary/aromatic N) is 3. The Morgan fingerprint density at radius 3 is 2.94 bits per heavy atom. The van der Waals surface area contributed by atoms with E-state index in [-0.39, 0.29) is 24.2 Å². The SMILES string of the molecule is CN(C(=O)C1CNC(=O)C1)c1ccn(C)n1. The molecule has 0 bridgehead atoms. The quantitative estimate of drug-likeness (QED) is 0.735. The predicted molar refractivity (Wildman–Crippen MR) is 57.7 cm³/mol. The van der Waals surface area contributed by atoms with Gasteiger partial charge in [0.2, 0.25) is 11.8 Å². The highest BCUT2D eigenvalue weighted by molar-refractivity contribution is 5.97. The molecule has 1 unspecified atom stereocenters. The van der Waals surface area contributed by atoms with Gasteiger partial charge >= 0.3 is 0 Å². The minimum atomic E-state index is -0.264. The molecule has 86 valence electrons. The summed E-state index contributed by atoms with van der Waals surface area (Å²) < 4.78 is 1.64. The first-order valence-electron chi connectivity index (χ1n) is 5.12. The molecule has 0 aromatic carbocycles. The van der Waals surface area contributed by atoms with E-state index in [1.54, 1.807) is 31.0 Å². The number of rotatable bonds is 2. The number of aromatic nitrogens is 2. The Labute approximate surface area is 93.2 Å². The van der Waals surface area contributed by atoms with E-state index >= 15 is 0 Å². The van der Waals surface area contributed by atoms with Gasteiger partial charge in [-0.1, -0.05) is 0 Å². The van der Waals surface area contributed by atoms with Crippen LogP contribution in [-0.4, -0.2) is 35.2 Å². The van der Waals surface area contributed by atoms with Crippen LogP contribution >= 0.6 is 0 Å². The standard InChI is InChI=1S/C10H14N4O2/c1-13-4-3-8(12-13)14(2)10(16)7-5-9(15)11-6-7/h3-4,7H,5-6H2,1-2H3,(H,11,15). The van der Waals surface area contributed by atoms with Crippen LogP contribution in [0.2, 0.25) is 0 Å². The van der Waals surface area contributed by atoms with Crippen LogP contribution < -0.4 is 10.2 Å². The molecular formula is C10H14N4O2. The number of carbonyl (C=O) groups is 2. The van der Waals surface area contributed by atoms with E-state index in [2.05, 4.69) is 10.4 Å². The lowest BCUT2D eigenvalue weighted by Crippen LogP contribution is -2.34. The molecule has 1 atom stereocenters. The van der Waals surface area contributed by atoms with Gasteiger partial charge in [-0.05, 0) is 0 Å². The minimum Gasteiger partial charge on any atom is -0.355 e. The Hall–Kier alpha value is -1.85. The van der Waals surface area contributed by atoms with Crippen molar-refractivity contribution in [2.45, 2.75) is 6.42 Å². The number of amides is 2. The average molecular weight is 222 g/mol. The molecule has 6 nitrogen and oxygen atoms in total. The smallest absolute Gasteiger partial charge is 0.233 e. The fourth-order valence-electron chi connectivity index (χ4n) is 1.75. The van der Waals surface area contributed by atoms with Crippen molar-refractivity contribution in [1.29, 1.82) is 0 Å². The van der Waals surface area contributed by atoms with E-state index in [9.17, 15) is 9.59 Å². The lowest BCUT2D eigenvalue weighted by atomic mass is 10.1. The van der Waals surface area contributed by atoms with Gasteiger partial charge in [0, 0.05) is 39.3 Å². The molecule has 1 fully saturated rings. The van der Waals surface area contributed by atoms with Gasteiger partial charge in [0.05, 0.1) is 5.92 Å². The normalized spacial score (nSPS) is 19.6. The second kappa shape index (κ2) is 3.96. The summed E-state index contributed by atoms with van der Waals surface area (Å²) >= 11 is 0. The summed E-state index contributed by atoms with van der Waals surface area (Å²) in [5, 5.41) is 6.79. The lowest BCUT2D eigenvalue weighted by molar-refractivity contribution is -0.124. The van der Waals surface area contributed by atoms with Gasteiger partial charge in [-0.15, -0.1) is 0 Å². The molecule has 1 aliphatic heterocycles. The Morgan fingerprint density at radius 1 is 1.69 bits per heavy atom. The average Bonchev–Trinajstić information content (AvgIpc) is 2.85. The molecule has 0 spiro atoms. The molecule has 1 aromatic heterocycles. The minimum absolute atomic E-state index is 0.0622.